The molecule has 3 aromatic rings. The molecule has 136 valence electrons. The van der Waals surface area contributed by atoms with Gasteiger partial charge in [-0.05, 0) is 61.3 Å². The van der Waals surface area contributed by atoms with Crippen molar-refractivity contribution in [2.45, 2.75) is 19.4 Å². The molecule has 26 heavy (non-hydrogen) atoms. The predicted octanol–water partition coefficient (Wildman–Crippen LogP) is 3.96. The normalized spacial score (nSPS) is 11.0. The molecule has 1 aromatic heterocycles. The SMILES string of the molecule is CN(CCc1ccc(Cl)cc1)C(=O)c1ccc2c(ccn2CCCN)c1. The summed E-state index contributed by atoms with van der Waals surface area (Å²) in [6.07, 6.45) is 3.80. The van der Waals surface area contributed by atoms with Gasteiger partial charge in [0.1, 0.15) is 0 Å². The van der Waals surface area contributed by atoms with Crippen molar-refractivity contribution in [1.82, 2.24) is 9.47 Å². The van der Waals surface area contributed by atoms with Crippen LogP contribution in [0, 0.1) is 0 Å². The average Bonchev–Trinajstić information content (AvgIpc) is 3.07. The highest BCUT2D eigenvalue weighted by molar-refractivity contribution is 6.30. The van der Waals surface area contributed by atoms with Gasteiger partial charge >= 0.3 is 0 Å². The molecule has 0 aliphatic rings. The van der Waals surface area contributed by atoms with Crippen LogP contribution in [0.15, 0.2) is 54.7 Å². The van der Waals surface area contributed by atoms with E-state index in [-0.39, 0.29) is 5.91 Å². The molecule has 1 heterocycles. The summed E-state index contributed by atoms with van der Waals surface area (Å²) in [5.74, 6) is 0.0376. The van der Waals surface area contributed by atoms with E-state index in [9.17, 15) is 4.79 Å². The van der Waals surface area contributed by atoms with Crippen LogP contribution in [-0.2, 0) is 13.0 Å². The Hall–Kier alpha value is -2.30. The van der Waals surface area contributed by atoms with E-state index in [0.29, 0.717) is 18.7 Å². The highest BCUT2D eigenvalue weighted by Gasteiger charge is 2.13. The second kappa shape index (κ2) is 8.39. The fraction of sp³-hybridized carbons (Fsp3) is 0.286. The van der Waals surface area contributed by atoms with Gasteiger partial charge in [0, 0.05) is 47.8 Å². The first kappa shape index (κ1) is 18.5. The van der Waals surface area contributed by atoms with Crippen molar-refractivity contribution in [3.8, 4) is 0 Å². The summed E-state index contributed by atoms with van der Waals surface area (Å²) >= 11 is 5.91. The Labute approximate surface area is 159 Å². The summed E-state index contributed by atoms with van der Waals surface area (Å²) in [6.45, 7) is 2.24. The number of halogens is 1. The molecule has 3 rings (SSSR count). The van der Waals surface area contributed by atoms with Gasteiger partial charge in [0.05, 0.1) is 0 Å². The molecular weight excluding hydrogens is 346 g/mol. The Balaban J connectivity index is 1.67. The summed E-state index contributed by atoms with van der Waals surface area (Å²) in [4.78, 5) is 14.5. The van der Waals surface area contributed by atoms with E-state index in [4.69, 9.17) is 17.3 Å². The fourth-order valence-corrected chi connectivity index (χ4v) is 3.19. The third kappa shape index (κ3) is 4.26. The molecule has 0 atom stereocenters. The minimum atomic E-state index is 0.0376. The number of nitrogens with zero attached hydrogens (tertiary/aromatic N) is 2. The Kier molecular flexibility index (Phi) is 5.96. The number of hydrogen-bond acceptors (Lipinski definition) is 2. The molecule has 5 heteroatoms. The quantitative estimate of drug-likeness (QED) is 0.685. The van der Waals surface area contributed by atoms with Crippen molar-refractivity contribution < 1.29 is 4.79 Å². The molecular formula is C21H24ClN3O. The van der Waals surface area contributed by atoms with Crippen molar-refractivity contribution in [2.24, 2.45) is 5.73 Å². The molecule has 2 N–H and O–H groups in total. The lowest BCUT2D eigenvalue weighted by molar-refractivity contribution is 0.0797. The van der Waals surface area contributed by atoms with Crippen LogP contribution >= 0.6 is 11.6 Å². The average molecular weight is 370 g/mol. The van der Waals surface area contributed by atoms with Crippen LogP contribution in [0.2, 0.25) is 5.02 Å². The first-order chi connectivity index (χ1) is 12.6. The number of aromatic nitrogens is 1. The van der Waals surface area contributed by atoms with E-state index in [2.05, 4.69) is 16.8 Å². The molecule has 4 nitrogen and oxygen atoms in total. The van der Waals surface area contributed by atoms with Crippen LogP contribution in [0.4, 0.5) is 0 Å². The monoisotopic (exact) mass is 369 g/mol. The minimum absolute atomic E-state index is 0.0376. The van der Waals surface area contributed by atoms with E-state index in [1.165, 1.54) is 5.56 Å². The lowest BCUT2D eigenvalue weighted by Crippen LogP contribution is -2.28. The number of nitrogens with two attached hydrogens (primary N) is 1. The topological polar surface area (TPSA) is 51.3 Å². The number of hydrogen-bond donors (Lipinski definition) is 1. The van der Waals surface area contributed by atoms with E-state index in [1.807, 2.05) is 49.5 Å². The van der Waals surface area contributed by atoms with Gasteiger partial charge in [-0.15, -0.1) is 0 Å². The molecule has 0 bridgehead atoms. The Bertz CT molecular complexity index is 886. The van der Waals surface area contributed by atoms with Crippen LogP contribution in [0.5, 0.6) is 0 Å². The summed E-state index contributed by atoms with van der Waals surface area (Å²) < 4.78 is 2.18. The molecule has 0 unspecified atom stereocenters. The number of rotatable bonds is 7. The second-order valence-corrected chi connectivity index (χ2v) is 6.96. The van der Waals surface area contributed by atoms with Crippen LogP contribution < -0.4 is 5.73 Å². The Morgan fingerprint density at radius 2 is 1.92 bits per heavy atom. The summed E-state index contributed by atoms with van der Waals surface area (Å²) in [7, 11) is 1.84. The number of fused-ring (bicyclic) bond motifs is 1. The third-order valence-corrected chi connectivity index (χ3v) is 4.87. The van der Waals surface area contributed by atoms with Crippen molar-refractivity contribution in [1.29, 1.82) is 0 Å². The molecule has 0 aliphatic carbocycles. The lowest BCUT2D eigenvalue weighted by atomic mass is 10.1. The van der Waals surface area contributed by atoms with E-state index < -0.39 is 0 Å². The highest BCUT2D eigenvalue weighted by Crippen LogP contribution is 2.19. The van der Waals surface area contributed by atoms with Gasteiger partial charge in [0.15, 0.2) is 0 Å². The van der Waals surface area contributed by atoms with Gasteiger partial charge < -0.3 is 15.2 Å². The standard InChI is InChI=1S/C21H24ClN3O/c1-24(13-9-16-3-6-19(22)7-4-16)21(26)18-5-8-20-17(15-18)10-14-25(20)12-2-11-23/h3-8,10,14-15H,2,9,11-13,23H2,1H3. The summed E-state index contributed by atoms with van der Waals surface area (Å²) in [5.41, 5.74) is 8.62. The number of aryl methyl sites for hydroxylation is 1. The molecule has 0 saturated carbocycles. The molecule has 0 radical (unpaired) electrons. The largest absolute Gasteiger partial charge is 0.347 e. The van der Waals surface area contributed by atoms with Gasteiger partial charge in [0.25, 0.3) is 5.91 Å². The molecule has 0 aliphatic heterocycles. The summed E-state index contributed by atoms with van der Waals surface area (Å²) in [5, 5.41) is 1.81. The smallest absolute Gasteiger partial charge is 0.253 e. The maximum atomic E-state index is 12.7. The molecule has 0 saturated heterocycles. The second-order valence-electron chi connectivity index (χ2n) is 6.53. The van der Waals surface area contributed by atoms with Gasteiger partial charge in [-0.1, -0.05) is 23.7 Å². The van der Waals surface area contributed by atoms with Gasteiger partial charge in [0.2, 0.25) is 0 Å². The molecule has 0 spiro atoms. The highest BCUT2D eigenvalue weighted by atomic mass is 35.5. The molecule has 0 fully saturated rings. The van der Waals surface area contributed by atoms with Gasteiger partial charge in [-0.25, -0.2) is 0 Å². The van der Waals surface area contributed by atoms with Crippen molar-refractivity contribution in [3.63, 3.8) is 0 Å². The first-order valence-electron chi connectivity index (χ1n) is 8.87. The maximum Gasteiger partial charge on any atom is 0.253 e. The zero-order valence-corrected chi connectivity index (χ0v) is 15.7. The third-order valence-electron chi connectivity index (χ3n) is 4.62. The zero-order chi connectivity index (χ0) is 18.5. The van der Waals surface area contributed by atoms with Crippen molar-refractivity contribution in [2.75, 3.05) is 20.1 Å². The van der Waals surface area contributed by atoms with E-state index in [0.717, 1.165) is 35.3 Å². The van der Waals surface area contributed by atoms with Crippen LogP contribution in [-0.4, -0.2) is 35.5 Å². The van der Waals surface area contributed by atoms with Crippen LogP contribution in [0.25, 0.3) is 10.9 Å². The number of benzene rings is 2. The minimum Gasteiger partial charge on any atom is -0.347 e. The van der Waals surface area contributed by atoms with Crippen LogP contribution in [0.1, 0.15) is 22.3 Å². The van der Waals surface area contributed by atoms with Crippen LogP contribution in [0.3, 0.4) is 0 Å². The molecule has 2 aromatic carbocycles. The predicted molar refractivity (Wildman–Crippen MR) is 108 cm³/mol. The van der Waals surface area contributed by atoms with E-state index in [1.54, 1.807) is 4.90 Å². The summed E-state index contributed by atoms with van der Waals surface area (Å²) in [6, 6.07) is 15.7. The van der Waals surface area contributed by atoms with E-state index >= 15 is 0 Å². The number of carbonyl (C=O) groups is 1. The molecule has 1 amide bonds. The number of carbonyl (C=O) groups excluding carboxylic acids is 1. The lowest BCUT2D eigenvalue weighted by Gasteiger charge is -2.17. The van der Waals surface area contributed by atoms with Gasteiger partial charge in [-0.3, -0.25) is 4.79 Å². The number of likely N-dealkylation sites (N-methyl/N-ethyl adjacent to an activating group) is 1. The first-order valence-corrected chi connectivity index (χ1v) is 9.25. The zero-order valence-electron chi connectivity index (χ0n) is 15.0. The van der Waals surface area contributed by atoms with Crippen molar-refractivity contribution in [3.05, 3.63) is 70.9 Å². The van der Waals surface area contributed by atoms with Gasteiger partial charge in [-0.2, -0.15) is 0 Å². The maximum absolute atomic E-state index is 12.7. The Morgan fingerprint density at radius 3 is 2.65 bits per heavy atom. The number of amides is 1. The Morgan fingerprint density at radius 1 is 1.15 bits per heavy atom. The van der Waals surface area contributed by atoms with Crippen molar-refractivity contribution >= 4 is 28.4 Å². The fourth-order valence-electron chi connectivity index (χ4n) is 3.06.